The number of carbonyl (C=O) groups is 2. The average Bonchev–Trinajstić information content (AvgIpc) is 3.56. The van der Waals surface area contributed by atoms with Gasteiger partial charge in [-0.2, -0.15) is 0 Å². The van der Waals surface area contributed by atoms with Gasteiger partial charge in [0.1, 0.15) is 0 Å². The molecule has 0 radical (unpaired) electrons. The van der Waals surface area contributed by atoms with Crippen molar-refractivity contribution in [3.8, 4) is 11.5 Å². The Kier molecular flexibility index (Phi) is 6.80. The first-order valence-corrected chi connectivity index (χ1v) is 13.7. The van der Waals surface area contributed by atoms with E-state index < -0.39 is 0 Å². The third-order valence-electron chi connectivity index (χ3n) is 7.31. The zero-order chi connectivity index (χ0) is 25.2. The standard InChI is InChI=1S/C28H30N4O4S/c33-26(19-9-10-22-23(15-19)36-17-35-22)31-28-30-25-21(7-4-8-24(25)37-28)27(34)29-20-11-13-32(14-12-20)16-18-5-2-1-3-6-18/h1-3,5-6,9-10,15,20-21H,4,7-8,11-14,16-17H2,(H,29,34)(H,30,31,33). The van der Waals surface area contributed by atoms with Crippen LogP contribution in [-0.2, 0) is 17.8 Å². The molecule has 1 fully saturated rings. The Morgan fingerprint density at radius 3 is 2.68 bits per heavy atom. The maximum Gasteiger partial charge on any atom is 0.257 e. The molecular formula is C28H30N4O4S. The molecule has 8 nitrogen and oxygen atoms in total. The quantitative estimate of drug-likeness (QED) is 0.505. The number of piperidine rings is 1. The van der Waals surface area contributed by atoms with Gasteiger partial charge in [-0.05, 0) is 55.9 Å². The maximum absolute atomic E-state index is 13.3. The number of aryl methyl sites for hydroxylation is 1. The van der Waals surface area contributed by atoms with Crippen molar-refractivity contribution in [2.45, 2.75) is 50.6 Å². The lowest BCUT2D eigenvalue weighted by molar-refractivity contribution is -0.124. The molecule has 3 aromatic rings. The molecule has 0 spiro atoms. The van der Waals surface area contributed by atoms with Crippen LogP contribution in [0, 0.1) is 0 Å². The van der Waals surface area contributed by atoms with Crippen molar-refractivity contribution in [2.75, 3.05) is 25.2 Å². The number of likely N-dealkylation sites (tertiary alicyclic amines) is 1. The zero-order valence-corrected chi connectivity index (χ0v) is 21.4. The minimum atomic E-state index is -0.265. The summed E-state index contributed by atoms with van der Waals surface area (Å²) in [7, 11) is 0. The largest absolute Gasteiger partial charge is 0.454 e. The molecule has 2 aromatic carbocycles. The van der Waals surface area contributed by atoms with Crippen LogP contribution in [0.15, 0.2) is 48.5 Å². The lowest BCUT2D eigenvalue weighted by atomic mass is 9.89. The molecule has 2 amide bonds. The van der Waals surface area contributed by atoms with Crippen LogP contribution in [0.5, 0.6) is 11.5 Å². The molecule has 1 aromatic heterocycles. The number of ether oxygens (including phenoxy) is 2. The third kappa shape index (κ3) is 5.33. The van der Waals surface area contributed by atoms with E-state index in [1.807, 2.05) is 6.07 Å². The smallest absolute Gasteiger partial charge is 0.257 e. The van der Waals surface area contributed by atoms with Gasteiger partial charge in [-0.15, -0.1) is 11.3 Å². The SMILES string of the molecule is O=C(Nc1nc2c(s1)CCCC2C(=O)NC1CCN(Cc2ccccc2)CC1)c1ccc2c(c1)OCO2. The van der Waals surface area contributed by atoms with Gasteiger partial charge in [-0.3, -0.25) is 19.8 Å². The van der Waals surface area contributed by atoms with Gasteiger partial charge in [0.2, 0.25) is 12.7 Å². The highest BCUT2D eigenvalue weighted by Gasteiger charge is 2.32. The Morgan fingerprint density at radius 2 is 1.84 bits per heavy atom. The van der Waals surface area contributed by atoms with Crippen molar-refractivity contribution in [2.24, 2.45) is 0 Å². The average molecular weight is 519 g/mol. The Bertz CT molecular complexity index is 1290. The Hall–Kier alpha value is -3.43. The van der Waals surface area contributed by atoms with E-state index >= 15 is 0 Å². The number of rotatable bonds is 6. The van der Waals surface area contributed by atoms with Gasteiger partial charge in [-0.1, -0.05) is 30.3 Å². The molecule has 37 heavy (non-hydrogen) atoms. The summed E-state index contributed by atoms with van der Waals surface area (Å²) < 4.78 is 10.7. The molecule has 0 bridgehead atoms. The van der Waals surface area contributed by atoms with Gasteiger partial charge in [0, 0.05) is 36.1 Å². The molecule has 192 valence electrons. The zero-order valence-electron chi connectivity index (χ0n) is 20.6. The first kappa shape index (κ1) is 23.9. The highest BCUT2D eigenvalue weighted by Crippen LogP contribution is 2.38. The number of nitrogens with one attached hydrogen (secondary N) is 2. The Labute approximate surface area is 220 Å². The van der Waals surface area contributed by atoms with Crippen LogP contribution in [0.1, 0.15) is 58.1 Å². The lowest BCUT2D eigenvalue weighted by Gasteiger charge is -2.33. The molecule has 3 aliphatic rings. The molecule has 2 aliphatic heterocycles. The summed E-state index contributed by atoms with van der Waals surface area (Å²) in [5.74, 6) is 0.735. The lowest BCUT2D eigenvalue weighted by Crippen LogP contribution is -2.46. The number of thiazole rings is 1. The highest BCUT2D eigenvalue weighted by molar-refractivity contribution is 7.16. The second kappa shape index (κ2) is 10.5. The van der Waals surface area contributed by atoms with E-state index in [1.54, 1.807) is 18.2 Å². The summed E-state index contributed by atoms with van der Waals surface area (Å²) in [6.07, 6.45) is 4.51. The fourth-order valence-corrected chi connectivity index (χ4v) is 6.37. The van der Waals surface area contributed by atoms with Crippen molar-refractivity contribution in [1.29, 1.82) is 0 Å². The van der Waals surface area contributed by atoms with E-state index in [0.717, 1.165) is 62.3 Å². The Balaban J connectivity index is 1.06. The van der Waals surface area contributed by atoms with Gasteiger partial charge in [0.05, 0.1) is 11.6 Å². The first-order chi connectivity index (χ1) is 18.1. The van der Waals surface area contributed by atoms with Crippen LogP contribution in [0.3, 0.4) is 0 Å². The van der Waals surface area contributed by atoms with Crippen LogP contribution in [0.25, 0.3) is 0 Å². The summed E-state index contributed by atoms with van der Waals surface area (Å²) >= 11 is 1.47. The van der Waals surface area contributed by atoms with E-state index in [4.69, 9.17) is 14.5 Å². The number of nitrogens with zero attached hydrogens (tertiary/aromatic N) is 2. The fraction of sp³-hybridized carbons (Fsp3) is 0.393. The third-order valence-corrected chi connectivity index (χ3v) is 8.36. The minimum absolute atomic E-state index is 0.0569. The molecule has 6 rings (SSSR count). The van der Waals surface area contributed by atoms with E-state index in [2.05, 4.69) is 39.8 Å². The molecule has 1 atom stereocenters. The number of aromatic nitrogens is 1. The van der Waals surface area contributed by atoms with Crippen molar-refractivity contribution >= 4 is 28.3 Å². The summed E-state index contributed by atoms with van der Waals surface area (Å²) in [5, 5.41) is 6.74. The Morgan fingerprint density at radius 1 is 1.03 bits per heavy atom. The molecule has 2 N–H and O–H groups in total. The minimum Gasteiger partial charge on any atom is -0.454 e. The van der Waals surface area contributed by atoms with Crippen LogP contribution in [0.2, 0.25) is 0 Å². The molecule has 1 unspecified atom stereocenters. The summed E-state index contributed by atoms with van der Waals surface area (Å²) in [5.41, 5.74) is 2.62. The number of benzene rings is 2. The molecule has 9 heteroatoms. The monoisotopic (exact) mass is 518 g/mol. The number of carbonyl (C=O) groups excluding carboxylic acids is 2. The second-order valence-electron chi connectivity index (χ2n) is 9.84. The predicted octanol–water partition coefficient (Wildman–Crippen LogP) is 4.32. The fourth-order valence-electron chi connectivity index (χ4n) is 5.31. The molecule has 0 saturated carbocycles. The molecule has 1 saturated heterocycles. The normalized spacial score (nSPS) is 19.3. The van der Waals surface area contributed by atoms with Gasteiger partial charge < -0.3 is 14.8 Å². The predicted molar refractivity (Wildman–Crippen MR) is 141 cm³/mol. The number of anilines is 1. The maximum atomic E-state index is 13.3. The number of hydrogen-bond acceptors (Lipinski definition) is 7. The van der Waals surface area contributed by atoms with Crippen molar-refractivity contribution in [3.05, 3.63) is 70.2 Å². The van der Waals surface area contributed by atoms with Gasteiger partial charge >= 0.3 is 0 Å². The van der Waals surface area contributed by atoms with Crippen LogP contribution in [0.4, 0.5) is 5.13 Å². The number of fused-ring (bicyclic) bond motifs is 2. The summed E-state index contributed by atoms with van der Waals surface area (Å²) in [4.78, 5) is 34.4. The van der Waals surface area contributed by atoms with E-state index in [0.29, 0.717) is 22.2 Å². The van der Waals surface area contributed by atoms with E-state index in [-0.39, 0.29) is 30.6 Å². The number of hydrogen-bond donors (Lipinski definition) is 2. The number of amides is 2. The topological polar surface area (TPSA) is 92.8 Å². The van der Waals surface area contributed by atoms with Crippen molar-refractivity contribution in [3.63, 3.8) is 0 Å². The van der Waals surface area contributed by atoms with Crippen LogP contribution >= 0.6 is 11.3 Å². The van der Waals surface area contributed by atoms with Crippen LogP contribution in [-0.4, -0.2) is 47.6 Å². The van der Waals surface area contributed by atoms with Crippen molar-refractivity contribution in [1.82, 2.24) is 15.2 Å². The van der Waals surface area contributed by atoms with Crippen LogP contribution < -0.4 is 20.1 Å². The highest BCUT2D eigenvalue weighted by atomic mass is 32.1. The van der Waals surface area contributed by atoms with Gasteiger partial charge in [-0.25, -0.2) is 4.98 Å². The molecule has 3 heterocycles. The van der Waals surface area contributed by atoms with E-state index in [9.17, 15) is 9.59 Å². The van der Waals surface area contributed by atoms with Gasteiger partial charge in [0.15, 0.2) is 16.6 Å². The van der Waals surface area contributed by atoms with Gasteiger partial charge in [0.25, 0.3) is 5.91 Å². The summed E-state index contributed by atoms with van der Waals surface area (Å²) in [6.45, 7) is 3.06. The van der Waals surface area contributed by atoms with Crippen molar-refractivity contribution < 1.29 is 19.1 Å². The molecule has 1 aliphatic carbocycles. The van der Waals surface area contributed by atoms with E-state index in [1.165, 1.54) is 16.9 Å². The summed E-state index contributed by atoms with van der Waals surface area (Å²) in [6, 6.07) is 15.8. The first-order valence-electron chi connectivity index (χ1n) is 12.9. The second-order valence-corrected chi connectivity index (χ2v) is 10.9. The molecular weight excluding hydrogens is 488 g/mol.